The zero-order valence-corrected chi connectivity index (χ0v) is 15.4. The summed E-state index contributed by atoms with van der Waals surface area (Å²) in [4.78, 5) is 0. The topological polar surface area (TPSA) is 35.6 Å². The SMILES string of the molecule is Cc1ccc(C)c(-n2cc(Cn3c4ccccc4c4ccccc43)nn2)c1. The number of para-hydroxylation sites is 2. The molecule has 0 spiro atoms. The van der Waals surface area contributed by atoms with E-state index in [1.54, 1.807) is 0 Å². The molecule has 3 aromatic carbocycles. The number of fused-ring (bicyclic) bond motifs is 3. The Labute approximate surface area is 157 Å². The van der Waals surface area contributed by atoms with E-state index in [1.807, 2.05) is 10.9 Å². The van der Waals surface area contributed by atoms with Crippen LogP contribution in [-0.4, -0.2) is 19.6 Å². The van der Waals surface area contributed by atoms with Crippen LogP contribution in [0.2, 0.25) is 0 Å². The Kier molecular flexibility index (Phi) is 3.57. The predicted octanol–water partition coefficient (Wildman–Crippen LogP) is 5.04. The number of benzene rings is 3. The first-order valence-corrected chi connectivity index (χ1v) is 9.15. The van der Waals surface area contributed by atoms with Gasteiger partial charge in [-0.3, -0.25) is 0 Å². The Balaban J connectivity index is 1.60. The molecule has 132 valence electrons. The van der Waals surface area contributed by atoms with E-state index in [4.69, 9.17) is 0 Å². The molecular weight excluding hydrogens is 332 g/mol. The van der Waals surface area contributed by atoms with Crippen molar-refractivity contribution in [1.82, 2.24) is 19.6 Å². The number of aryl methyl sites for hydroxylation is 2. The second kappa shape index (κ2) is 6.09. The van der Waals surface area contributed by atoms with Crippen molar-refractivity contribution in [2.75, 3.05) is 0 Å². The quantitative estimate of drug-likeness (QED) is 0.456. The van der Waals surface area contributed by atoms with Gasteiger partial charge in [0.1, 0.15) is 5.69 Å². The van der Waals surface area contributed by atoms with Crippen LogP contribution < -0.4 is 0 Å². The fourth-order valence-corrected chi connectivity index (χ4v) is 3.79. The van der Waals surface area contributed by atoms with E-state index in [-0.39, 0.29) is 0 Å². The van der Waals surface area contributed by atoms with Crippen LogP contribution in [0.25, 0.3) is 27.5 Å². The van der Waals surface area contributed by atoms with Crippen LogP contribution in [0.5, 0.6) is 0 Å². The molecule has 5 rings (SSSR count). The van der Waals surface area contributed by atoms with Crippen molar-refractivity contribution < 1.29 is 0 Å². The van der Waals surface area contributed by atoms with E-state index in [9.17, 15) is 0 Å². The van der Waals surface area contributed by atoms with Gasteiger partial charge < -0.3 is 4.57 Å². The normalized spacial score (nSPS) is 11.5. The van der Waals surface area contributed by atoms with E-state index in [0.29, 0.717) is 6.54 Å². The molecule has 2 heterocycles. The maximum atomic E-state index is 4.44. The van der Waals surface area contributed by atoms with Gasteiger partial charge >= 0.3 is 0 Å². The van der Waals surface area contributed by atoms with Gasteiger partial charge in [-0.2, -0.15) is 0 Å². The molecule has 0 bridgehead atoms. The van der Waals surface area contributed by atoms with Crippen molar-refractivity contribution in [2.45, 2.75) is 20.4 Å². The number of hydrogen-bond acceptors (Lipinski definition) is 2. The van der Waals surface area contributed by atoms with E-state index in [0.717, 1.165) is 11.4 Å². The largest absolute Gasteiger partial charge is 0.334 e. The minimum absolute atomic E-state index is 0.693. The van der Waals surface area contributed by atoms with Crippen LogP contribution in [0, 0.1) is 13.8 Å². The van der Waals surface area contributed by atoms with Gasteiger partial charge in [-0.15, -0.1) is 5.10 Å². The molecule has 2 aromatic heterocycles. The van der Waals surface area contributed by atoms with Gasteiger partial charge in [0.05, 0.1) is 18.4 Å². The molecule has 0 radical (unpaired) electrons. The zero-order valence-electron chi connectivity index (χ0n) is 15.4. The summed E-state index contributed by atoms with van der Waals surface area (Å²) in [5.74, 6) is 0. The summed E-state index contributed by atoms with van der Waals surface area (Å²) in [6.07, 6.45) is 2.03. The van der Waals surface area contributed by atoms with Crippen LogP contribution in [0.1, 0.15) is 16.8 Å². The number of rotatable bonds is 3. The summed E-state index contributed by atoms with van der Waals surface area (Å²) in [7, 11) is 0. The lowest BCUT2D eigenvalue weighted by Crippen LogP contribution is -2.00. The lowest BCUT2D eigenvalue weighted by Gasteiger charge is -2.06. The number of hydrogen-bond donors (Lipinski definition) is 0. The predicted molar refractivity (Wildman–Crippen MR) is 109 cm³/mol. The van der Waals surface area contributed by atoms with Gasteiger partial charge in [0.15, 0.2) is 0 Å². The highest BCUT2D eigenvalue weighted by atomic mass is 15.4. The van der Waals surface area contributed by atoms with Crippen LogP contribution in [0.15, 0.2) is 72.9 Å². The zero-order chi connectivity index (χ0) is 18.4. The second-order valence-corrected chi connectivity index (χ2v) is 7.06. The van der Waals surface area contributed by atoms with E-state index in [2.05, 4.69) is 95.5 Å². The molecule has 0 amide bonds. The molecular formula is C23H20N4. The van der Waals surface area contributed by atoms with Crippen molar-refractivity contribution in [3.8, 4) is 5.69 Å². The summed E-state index contributed by atoms with van der Waals surface area (Å²) in [5.41, 5.74) is 6.88. The smallest absolute Gasteiger partial charge is 0.103 e. The Morgan fingerprint density at radius 3 is 2.19 bits per heavy atom. The number of nitrogens with zero attached hydrogens (tertiary/aromatic N) is 4. The van der Waals surface area contributed by atoms with E-state index >= 15 is 0 Å². The van der Waals surface area contributed by atoms with E-state index < -0.39 is 0 Å². The highest BCUT2D eigenvalue weighted by Gasteiger charge is 2.12. The summed E-state index contributed by atoms with van der Waals surface area (Å²) in [5, 5.41) is 11.4. The van der Waals surface area contributed by atoms with Crippen LogP contribution >= 0.6 is 0 Å². The van der Waals surface area contributed by atoms with Gasteiger partial charge in [0.25, 0.3) is 0 Å². The Hall–Kier alpha value is -3.40. The summed E-state index contributed by atoms with van der Waals surface area (Å²) in [6.45, 7) is 4.89. The molecule has 0 aliphatic carbocycles. The molecule has 0 unspecified atom stereocenters. The molecule has 0 aliphatic heterocycles. The Morgan fingerprint density at radius 1 is 0.815 bits per heavy atom. The van der Waals surface area contributed by atoms with Crippen molar-refractivity contribution in [2.24, 2.45) is 0 Å². The molecule has 5 aromatic rings. The lowest BCUT2D eigenvalue weighted by molar-refractivity contribution is 0.780. The minimum Gasteiger partial charge on any atom is -0.334 e. The third-order valence-electron chi connectivity index (χ3n) is 5.15. The van der Waals surface area contributed by atoms with Crippen LogP contribution in [-0.2, 0) is 6.54 Å². The van der Waals surface area contributed by atoms with Gasteiger partial charge in [-0.25, -0.2) is 4.68 Å². The molecule has 0 saturated heterocycles. The summed E-state index contributed by atoms with van der Waals surface area (Å²) >= 11 is 0. The fourth-order valence-electron chi connectivity index (χ4n) is 3.79. The maximum Gasteiger partial charge on any atom is 0.103 e. The highest BCUT2D eigenvalue weighted by Crippen LogP contribution is 2.29. The first kappa shape index (κ1) is 15.8. The third kappa shape index (κ3) is 2.61. The summed E-state index contributed by atoms with van der Waals surface area (Å²) in [6, 6.07) is 23.5. The Bertz CT molecular complexity index is 1220. The third-order valence-corrected chi connectivity index (χ3v) is 5.15. The summed E-state index contributed by atoms with van der Waals surface area (Å²) < 4.78 is 4.20. The minimum atomic E-state index is 0.693. The van der Waals surface area contributed by atoms with Gasteiger partial charge in [0, 0.05) is 21.8 Å². The maximum absolute atomic E-state index is 4.44. The highest BCUT2D eigenvalue weighted by molar-refractivity contribution is 6.08. The number of aromatic nitrogens is 4. The van der Waals surface area contributed by atoms with Gasteiger partial charge in [-0.05, 0) is 43.2 Å². The van der Waals surface area contributed by atoms with Crippen LogP contribution in [0.3, 0.4) is 0 Å². The Morgan fingerprint density at radius 2 is 1.48 bits per heavy atom. The van der Waals surface area contributed by atoms with Crippen molar-refractivity contribution in [1.29, 1.82) is 0 Å². The van der Waals surface area contributed by atoms with Crippen LogP contribution in [0.4, 0.5) is 0 Å². The molecule has 4 nitrogen and oxygen atoms in total. The molecule has 4 heteroatoms. The molecule has 0 aliphatic rings. The lowest BCUT2D eigenvalue weighted by atomic mass is 10.1. The monoisotopic (exact) mass is 352 g/mol. The van der Waals surface area contributed by atoms with Gasteiger partial charge in [-0.1, -0.05) is 53.7 Å². The van der Waals surface area contributed by atoms with Gasteiger partial charge in [0.2, 0.25) is 0 Å². The molecule has 0 saturated carbocycles. The average molecular weight is 352 g/mol. The second-order valence-electron chi connectivity index (χ2n) is 7.06. The van der Waals surface area contributed by atoms with Crippen molar-refractivity contribution in [3.05, 3.63) is 89.7 Å². The average Bonchev–Trinajstić information content (AvgIpc) is 3.28. The fraction of sp³-hybridized carbons (Fsp3) is 0.130. The van der Waals surface area contributed by atoms with E-state index in [1.165, 1.54) is 32.9 Å². The molecule has 27 heavy (non-hydrogen) atoms. The van der Waals surface area contributed by atoms with Crippen molar-refractivity contribution in [3.63, 3.8) is 0 Å². The van der Waals surface area contributed by atoms with Crippen molar-refractivity contribution >= 4 is 21.8 Å². The molecule has 0 N–H and O–H groups in total. The first-order valence-electron chi connectivity index (χ1n) is 9.15. The molecule has 0 fully saturated rings. The molecule has 0 atom stereocenters. The first-order chi connectivity index (χ1) is 13.2. The standard InChI is InChI=1S/C23H20N4/c1-16-11-12-17(2)23(13-16)27-15-18(24-25-27)14-26-21-9-5-3-7-19(21)20-8-4-6-10-22(20)26/h3-13,15H,14H2,1-2H3.